The summed E-state index contributed by atoms with van der Waals surface area (Å²) in [7, 11) is 0. The highest BCUT2D eigenvalue weighted by molar-refractivity contribution is 5.65. The highest BCUT2D eigenvalue weighted by Gasteiger charge is 2.26. The highest BCUT2D eigenvalue weighted by Crippen LogP contribution is 2.28. The summed E-state index contributed by atoms with van der Waals surface area (Å²) in [5.41, 5.74) is 4.10. The molecule has 3 aliphatic heterocycles. The van der Waals surface area contributed by atoms with Crippen molar-refractivity contribution in [1.82, 2.24) is 10.2 Å². The molecule has 3 aliphatic rings. The Balaban J connectivity index is 1.74. The zero-order chi connectivity index (χ0) is 12.4. The van der Waals surface area contributed by atoms with Gasteiger partial charge in [-0.25, -0.2) is 0 Å². The first-order chi connectivity index (χ1) is 8.84. The summed E-state index contributed by atoms with van der Waals surface area (Å²) in [6.45, 7) is 5.95. The number of allylic oxidation sites excluding steroid dienone is 2. The molecule has 0 saturated carbocycles. The van der Waals surface area contributed by atoms with Gasteiger partial charge in [0.15, 0.2) is 0 Å². The molecule has 1 N–H and O–H groups in total. The Kier molecular flexibility index (Phi) is 3.48. The summed E-state index contributed by atoms with van der Waals surface area (Å²) < 4.78 is 5.43. The molecule has 4 heteroatoms. The number of rotatable bonds is 1. The van der Waals surface area contributed by atoms with Crippen molar-refractivity contribution in [2.45, 2.75) is 32.4 Å². The van der Waals surface area contributed by atoms with Crippen molar-refractivity contribution >= 4 is 6.21 Å². The summed E-state index contributed by atoms with van der Waals surface area (Å²) >= 11 is 0. The minimum absolute atomic E-state index is 0.467. The maximum Gasteiger partial charge on any atom is 0.0798 e. The number of nitrogens with zero attached hydrogens (tertiary/aromatic N) is 2. The Morgan fingerprint density at radius 1 is 1.39 bits per heavy atom. The van der Waals surface area contributed by atoms with E-state index in [9.17, 15) is 0 Å². The summed E-state index contributed by atoms with van der Waals surface area (Å²) in [4.78, 5) is 6.82. The highest BCUT2D eigenvalue weighted by atomic mass is 16.5. The summed E-state index contributed by atoms with van der Waals surface area (Å²) in [6.07, 6.45) is 7.82. The van der Waals surface area contributed by atoms with Crippen molar-refractivity contribution in [2.75, 3.05) is 26.3 Å². The van der Waals surface area contributed by atoms with Gasteiger partial charge in [-0.15, -0.1) is 0 Å². The predicted molar refractivity (Wildman–Crippen MR) is 72.4 cm³/mol. The van der Waals surface area contributed by atoms with Crippen molar-refractivity contribution < 1.29 is 4.74 Å². The van der Waals surface area contributed by atoms with Crippen LogP contribution in [-0.2, 0) is 4.74 Å². The molecule has 0 aliphatic carbocycles. The predicted octanol–water partition coefficient (Wildman–Crippen LogP) is 1.66. The van der Waals surface area contributed by atoms with Crippen molar-refractivity contribution in [3.63, 3.8) is 0 Å². The van der Waals surface area contributed by atoms with E-state index >= 15 is 0 Å². The van der Waals surface area contributed by atoms with Gasteiger partial charge in [-0.05, 0) is 30.9 Å². The van der Waals surface area contributed by atoms with Gasteiger partial charge in [-0.1, -0.05) is 0 Å². The van der Waals surface area contributed by atoms with Crippen LogP contribution in [0.25, 0.3) is 0 Å². The maximum atomic E-state index is 5.43. The van der Waals surface area contributed by atoms with E-state index < -0.39 is 0 Å². The van der Waals surface area contributed by atoms with E-state index in [1.54, 1.807) is 0 Å². The van der Waals surface area contributed by atoms with Gasteiger partial charge in [-0.2, -0.15) is 0 Å². The summed E-state index contributed by atoms with van der Waals surface area (Å²) in [5.74, 6) is 0. The second-order valence-corrected chi connectivity index (χ2v) is 5.17. The molecule has 0 aromatic rings. The molecule has 3 heterocycles. The van der Waals surface area contributed by atoms with Gasteiger partial charge < -0.3 is 10.1 Å². The molecule has 0 bridgehead atoms. The van der Waals surface area contributed by atoms with E-state index in [2.05, 4.69) is 22.1 Å². The molecular formula is C14H21N3O. The van der Waals surface area contributed by atoms with Crippen molar-refractivity contribution in [2.24, 2.45) is 4.99 Å². The fourth-order valence-corrected chi connectivity index (χ4v) is 2.93. The average Bonchev–Trinajstić information content (AvgIpc) is 2.62. The molecule has 0 aromatic carbocycles. The average molecular weight is 247 g/mol. The van der Waals surface area contributed by atoms with Crippen molar-refractivity contribution in [3.05, 3.63) is 23.0 Å². The van der Waals surface area contributed by atoms with E-state index in [0.717, 1.165) is 32.7 Å². The lowest BCUT2D eigenvalue weighted by molar-refractivity contribution is 0.00795. The number of ether oxygens (including phenoxy) is 1. The van der Waals surface area contributed by atoms with Gasteiger partial charge >= 0.3 is 0 Å². The van der Waals surface area contributed by atoms with Crippen LogP contribution in [0, 0.1) is 0 Å². The Labute approximate surface area is 108 Å². The van der Waals surface area contributed by atoms with E-state index in [-0.39, 0.29) is 0 Å². The molecule has 1 unspecified atom stereocenters. The zero-order valence-electron chi connectivity index (χ0n) is 11.0. The Morgan fingerprint density at radius 2 is 2.22 bits per heavy atom. The van der Waals surface area contributed by atoms with Crippen LogP contribution in [-0.4, -0.2) is 43.6 Å². The molecule has 1 fully saturated rings. The lowest BCUT2D eigenvalue weighted by Crippen LogP contribution is -2.51. The second-order valence-electron chi connectivity index (χ2n) is 5.17. The monoisotopic (exact) mass is 247 g/mol. The van der Waals surface area contributed by atoms with E-state index in [1.165, 1.54) is 29.7 Å². The number of morpholine rings is 1. The van der Waals surface area contributed by atoms with Gasteiger partial charge in [0.2, 0.25) is 0 Å². The lowest BCUT2D eigenvalue weighted by atomic mass is 9.96. The Morgan fingerprint density at radius 3 is 3.06 bits per heavy atom. The molecule has 0 spiro atoms. The number of hydrogen-bond donors (Lipinski definition) is 1. The van der Waals surface area contributed by atoms with Crippen LogP contribution < -0.4 is 5.32 Å². The smallest absolute Gasteiger partial charge is 0.0798 e. The normalized spacial score (nSPS) is 29.4. The van der Waals surface area contributed by atoms with E-state index in [4.69, 9.17) is 4.74 Å². The molecule has 4 nitrogen and oxygen atoms in total. The van der Waals surface area contributed by atoms with Crippen LogP contribution in [0.5, 0.6) is 0 Å². The SMILES string of the molecule is CC1=CN=CCC2=C1NC(N1CCOCC1)CC2. The zero-order valence-corrected chi connectivity index (χ0v) is 11.0. The molecular weight excluding hydrogens is 226 g/mol. The fraction of sp³-hybridized carbons (Fsp3) is 0.643. The molecule has 18 heavy (non-hydrogen) atoms. The van der Waals surface area contributed by atoms with Gasteiger partial charge in [-0.3, -0.25) is 9.89 Å². The lowest BCUT2D eigenvalue weighted by Gasteiger charge is -2.39. The van der Waals surface area contributed by atoms with Gasteiger partial charge in [0, 0.05) is 37.6 Å². The summed E-state index contributed by atoms with van der Waals surface area (Å²) in [5, 5.41) is 3.72. The Bertz CT molecular complexity index is 405. The van der Waals surface area contributed by atoms with Gasteiger partial charge in [0.25, 0.3) is 0 Å². The first kappa shape index (κ1) is 11.9. The first-order valence-corrected chi connectivity index (χ1v) is 6.84. The van der Waals surface area contributed by atoms with Crippen LogP contribution in [0.1, 0.15) is 26.2 Å². The number of nitrogens with one attached hydrogen (secondary N) is 1. The van der Waals surface area contributed by atoms with Crippen LogP contribution in [0.15, 0.2) is 28.0 Å². The first-order valence-electron chi connectivity index (χ1n) is 6.84. The Hall–Kier alpha value is -1.13. The van der Waals surface area contributed by atoms with Crippen LogP contribution in [0.3, 0.4) is 0 Å². The minimum atomic E-state index is 0.467. The van der Waals surface area contributed by atoms with Crippen molar-refractivity contribution in [3.8, 4) is 0 Å². The largest absolute Gasteiger partial charge is 0.379 e. The molecule has 3 rings (SSSR count). The third-order valence-electron chi connectivity index (χ3n) is 3.98. The number of hydrogen-bond acceptors (Lipinski definition) is 4. The van der Waals surface area contributed by atoms with E-state index in [1.807, 2.05) is 12.4 Å². The standard InChI is InChI=1S/C14H21N3O/c1-11-10-15-5-4-12-2-3-13(16-14(11)12)17-6-8-18-9-7-17/h5,10,13,16H,2-4,6-9H2,1H3. The van der Waals surface area contributed by atoms with Gasteiger partial charge in [0.1, 0.15) is 0 Å². The third-order valence-corrected chi connectivity index (χ3v) is 3.98. The fourth-order valence-electron chi connectivity index (χ4n) is 2.93. The van der Waals surface area contributed by atoms with Gasteiger partial charge in [0.05, 0.1) is 19.4 Å². The molecule has 0 amide bonds. The van der Waals surface area contributed by atoms with Crippen molar-refractivity contribution in [1.29, 1.82) is 0 Å². The second kappa shape index (κ2) is 5.24. The quantitative estimate of drug-likeness (QED) is 0.765. The van der Waals surface area contributed by atoms with E-state index in [0.29, 0.717) is 6.17 Å². The topological polar surface area (TPSA) is 36.9 Å². The van der Waals surface area contributed by atoms with Crippen LogP contribution in [0.4, 0.5) is 0 Å². The maximum absolute atomic E-state index is 5.43. The summed E-state index contributed by atoms with van der Waals surface area (Å²) in [6, 6.07) is 0. The molecule has 0 aromatic heterocycles. The molecule has 1 saturated heterocycles. The molecule has 0 radical (unpaired) electrons. The van der Waals surface area contributed by atoms with Crippen LogP contribution >= 0.6 is 0 Å². The molecule has 98 valence electrons. The third kappa shape index (κ3) is 2.35. The minimum Gasteiger partial charge on any atom is -0.379 e. The number of aliphatic imine (C=N–C) groups is 1. The van der Waals surface area contributed by atoms with Crippen LogP contribution in [0.2, 0.25) is 0 Å². The molecule has 1 atom stereocenters.